The number of anilines is 1. The van der Waals surface area contributed by atoms with E-state index in [0.717, 1.165) is 29.8 Å². The smallest absolute Gasteiger partial charge is 0.269 e. The number of halogens is 1. The highest BCUT2D eigenvalue weighted by molar-refractivity contribution is 14.0. The predicted molar refractivity (Wildman–Crippen MR) is 124 cm³/mol. The molecule has 3 rings (SSSR count). The summed E-state index contributed by atoms with van der Waals surface area (Å²) in [5, 5.41) is 17.1. The molecular weight excluding hydrogens is 485 g/mol. The van der Waals surface area contributed by atoms with Gasteiger partial charge in [-0.15, -0.1) is 24.0 Å². The van der Waals surface area contributed by atoms with Gasteiger partial charge in [-0.1, -0.05) is 24.3 Å². The number of carbonyl (C=O) groups excluding carboxylic acids is 1. The number of aliphatic imine (C=N–C) groups is 1. The number of benzene rings is 2. The third kappa shape index (κ3) is 6.14. The van der Waals surface area contributed by atoms with Gasteiger partial charge in [-0.2, -0.15) is 0 Å². The van der Waals surface area contributed by atoms with Crippen LogP contribution in [0.15, 0.2) is 53.5 Å². The molecule has 154 valence electrons. The highest BCUT2D eigenvalue weighted by atomic mass is 127. The zero-order chi connectivity index (χ0) is 19.9. The summed E-state index contributed by atoms with van der Waals surface area (Å²) in [4.78, 5) is 28.1. The van der Waals surface area contributed by atoms with E-state index in [4.69, 9.17) is 0 Å². The number of hydrogen-bond donors (Lipinski definition) is 2. The van der Waals surface area contributed by atoms with Crippen LogP contribution in [0.2, 0.25) is 0 Å². The van der Waals surface area contributed by atoms with Crippen LogP contribution in [0.5, 0.6) is 0 Å². The summed E-state index contributed by atoms with van der Waals surface area (Å²) >= 11 is 0. The van der Waals surface area contributed by atoms with Gasteiger partial charge in [0.25, 0.3) is 5.69 Å². The van der Waals surface area contributed by atoms with Crippen molar-refractivity contribution in [2.24, 2.45) is 4.99 Å². The Morgan fingerprint density at radius 3 is 2.07 bits per heavy atom. The maximum absolute atomic E-state index is 11.8. The maximum Gasteiger partial charge on any atom is 0.269 e. The lowest BCUT2D eigenvalue weighted by Gasteiger charge is -2.16. The number of hydrogen-bond acceptors (Lipinski definition) is 4. The van der Waals surface area contributed by atoms with Crippen molar-refractivity contribution in [1.29, 1.82) is 0 Å². The molecule has 0 aliphatic carbocycles. The molecule has 0 radical (unpaired) electrons. The standard InChI is InChI=1S/C20H23N5O3.HI/c1-21-20(23-14-16-6-10-18(11-7-16)25(27)28)22-13-15-4-8-17(9-5-15)24-12-2-3-19(24)26;/h4-11H,2-3,12-14H2,1H3,(H2,21,22,23);1H. The number of nitro groups is 1. The third-order valence-electron chi connectivity index (χ3n) is 4.61. The Labute approximate surface area is 186 Å². The Kier molecular flexibility index (Phi) is 8.37. The molecule has 2 N–H and O–H groups in total. The molecule has 9 heteroatoms. The first kappa shape index (κ1) is 22.6. The van der Waals surface area contributed by atoms with E-state index in [-0.39, 0.29) is 35.6 Å². The summed E-state index contributed by atoms with van der Waals surface area (Å²) < 4.78 is 0. The summed E-state index contributed by atoms with van der Waals surface area (Å²) in [7, 11) is 1.69. The lowest BCUT2D eigenvalue weighted by Crippen LogP contribution is -2.36. The van der Waals surface area contributed by atoms with Crippen LogP contribution < -0.4 is 15.5 Å². The Bertz CT molecular complexity index is 869. The number of amides is 1. The van der Waals surface area contributed by atoms with E-state index in [1.54, 1.807) is 19.2 Å². The van der Waals surface area contributed by atoms with E-state index in [0.29, 0.717) is 25.5 Å². The van der Waals surface area contributed by atoms with Crippen LogP contribution in [0.1, 0.15) is 24.0 Å². The van der Waals surface area contributed by atoms with Gasteiger partial charge in [0.1, 0.15) is 0 Å². The molecule has 2 aromatic carbocycles. The second-order valence-electron chi connectivity index (χ2n) is 6.52. The number of nitro benzene ring substituents is 1. The molecule has 1 heterocycles. The Morgan fingerprint density at radius 2 is 1.62 bits per heavy atom. The van der Waals surface area contributed by atoms with Crippen LogP contribution in [0.3, 0.4) is 0 Å². The monoisotopic (exact) mass is 509 g/mol. The summed E-state index contributed by atoms with van der Waals surface area (Å²) in [5.74, 6) is 0.818. The minimum absolute atomic E-state index is 0. The zero-order valence-electron chi connectivity index (χ0n) is 16.1. The summed E-state index contributed by atoms with van der Waals surface area (Å²) in [6.07, 6.45) is 1.54. The summed E-state index contributed by atoms with van der Waals surface area (Å²) in [5.41, 5.74) is 3.01. The van der Waals surface area contributed by atoms with Crippen molar-refractivity contribution < 1.29 is 9.72 Å². The van der Waals surface area contributed by atoms with Gasteiger partial charge in [0.2, 0.25) is 5.91 Å². The summed E-state index contributed by atoms with van der Waals surface area (Å²) in [6.45, 7) is 1.89. The fraction of sp³-hybridized carbons (Fsp3) is 0.300. The molecule has 1 saturated heterocycles. The topological polar surface area (TPSA) is 99.9 Å². The average Bonchev–Trinajstić information content (AvgIpc) is 3.15. The van der Waals surface area contributed by atoms with Crippen LogP contribution >= 0.6 is 24.0 Å². The van der Waals surface area contributed by atoms with Gasteiger partial charge in [0, 0.05) is 50.9 Å². The lowest BCUT2D eigenvalue weighted by atomic mass is 10.2. The number of non-ortho nitro benzene ring substituents is 1. The van der Waals surface area contributed by atoms with Gasteiger partial charge in [-0.25, -0.2) is 0 Å². The molecule has 2 aromatic rings. The predicted octanol–water partition coefficient (Wildman–Crippen LogP) is 3.20. The van der Waals surface area contributed by atoms with E-state index in [2.05, 4.69) is 15.6 Å². The minimum atomic E-state index is -0.414. The number of nitrogens with zero attached hydrogens (tertiary/aromatic N) is 3. The van der Waals surface area contributed by atoms with Crippen molar-refractivity contribution in [3.05, 3.63) is 69.8 Å². The highest BCUT2D eigenvalue weighted by Crippen LogP contribution is 2.21. The molecule has 0 unspecified atom stereocenters. The molecule has 1 fully saturated rings. The van der Waals surface area contributed by atoms with Crippen molar-refractivity contribution >= 4 is 47.2 Å². The fourth-order valence-electron chi connectivity index (χ4n) is 3.04. The average molecular weight is 509 g/mol. The van der Waals surface area contributed by atoms with E-state index in [9.17, 15) is 14.9 Å². The van der Waals surface area contributed by atoms with Gasteiger partial charge < -0.3 is 15.5 Å². The van der Waals surface area contributed by atoms with E-state index in [1.807, 2.05) is 29.2 Å². The molecule has 1 aliphatic rings. The summed E-state index contributed by atoms with van der Waals surface area (Å²) in [6, 6.07) is 14.3. The van der Waals surface area contributed by atoms with Crippen molar-refractivity contribution in [3.63, 3.8) is 0 Å². The van der Waals surface area contributed by atoms with Gasteiger partial charge in [0.05, 0.1) is 4.92 Å². The highest BCUT2D eigenvalue weighted by Gasteiger charge is 2.21. The lowest BCUT2D eigenvalue weighted by molar-refractivity contribution is -0.384. The third-order valence-corrected chi connectivity index (χ3v) is 4.61. The molecule has 0 bridgehead atoms. The van der Waals surface area contributed by atoms with Crippen molar-refractivity contribution in [2.75, 3.05) is 18.5 Å². The van der Waals surface area contributed by atoms with Gasteiger partial charge >= 0.3 is 0 Å². The van der Waals surface area contributed by atoms with E-state index in [1.165, 1.54) is 12.1 Å². The molecular formula is C20H24IN5O3. The second kappa shape index (κ2) is 10.7. The van der Waals surface area contributed by atoms with E-state index >= 15 is 0 Å². The quantitative estimate of drug-likeness (QED) is 0.205. The van der Waals surface area contributed by atoms with Crippen molar-refractivity contribution in [3.8, 4) is 0 Å². The molecule has 29 heavy (non-hydrogen) atoms. The minimum Gasteiger partial charge on any atom is -0.352 e. The van der Waals surface area contributed by atoms with Crippen molar-refractivity contribution in [2.45, 2.75) is 25.9 Å². The van der Waals surface area contributed by atoms with Gasteiger partial charge in [-0.3, -0.25) is 19.9 Å². The Balaban J connectivity index is 0.00000300. The normalized spacial score (nSPS) is 13.8. The molecule has 1 aliphatic heterocycles. The maximum atomic E-state index is 11.8. The van der Waals surface area contributed by atoms with Crippen LogP contribution in [-0.2, 0) is 17.9 Å². The Morgan fingerprint density at radius 1 is 1.07 bits per heavy atom. The van der Waals surface area contributed by atoms with Crippen molar-refractivity contribution in [1.82, 2.24) is 10.6 Å². The molecule has 0 saturated carbocycles. The van der Waals surface area contributed by atoms with Crippen LogP contribution in [0.4, 0.5) is 11.4 Å². The molecule has 8 nitrogen and oxygen atoms in total. The SMILES string of the molecule is CN=C(NCc1ccc(N2CCCC2=O)cc1)NCc1ccc([N+](=O)[O-])cc1.I. The molecule has 0 atom stereocenters. The first-order valence-corrected chi connectivity index (χ1v) is 9.14. The number of nitrogens with one attached hydrogen (secondary N) is 2. The van der Waals surface area contributed by atoms with Crippen LogP contribution in [0.25, 0.3) is 0 Å². The molecule has 1 amide bonds. The molecule has 0 aromatic heterocycles. The number of carbonyl (C=O) groups is 1. The van der Waals surface area contributed by atoms with Crippen LogP contribution in [-0.4, -0.2) is 30.4 Å². The first-order chi connectivity index (χ1) is 13.6. The molecule has 0 spiro atoms. The van der Waals surface area contributed by atoms with E-state index < -0.39 is 4.92 Å². The van der Waals surface area contributed by atoms with Gasteiger partial charge in [-0.05, 0) is 29.7 Å². The number of guanidine groups is 1. The Hall–Kier alpha value is -2.69. The second-order valence-corrected chi connectivity index (χ2v) is 6.52. The fourth-order valence-corrected chi connectivity index (χ4v) is 3.04. The zero-order valence-corrected chi connectivity index (χ0v) is 18.5. The number of rotatable bonds is 6. The largest absolute Gasteiger partial charge is 0.352 e. The first-order valence-electron chi connectivity index (χ1n) is 9.14. The van der Waals surface area contributed by atoms with Crippen LogP contribution in [0, 0.1) is 10.1 Å². The van der Waals surface area contributed by atoms with Gasteiger partial charge in [0.15, 0.2) is 5.96 Å².